The Morgan fingerprint density at radius 3 is 1.86 bits per heavy atom. The Balaban J connectivity index is 1.21. The van der Waals surface area contributed by atoms with E-state index in [0.717, 1.165) is 51.4 Å². The molecule has 0 aliphatic heterocycles. The van der Waals surface area contributed by atoms with Gasteiger partial charge in [-0.3, -0.25) is 0 Å². The zero-order chi connectivity index (χ0) is 32.6. The maximum atomic E-state index is 2.60. The van der Waals surface area contributed by atoms with E-state index < -0.39 is 0 Å². The lowest BCUT2D eigenvalue weighted by Crippen LogP contribution is -2.41. The molecule has 0 radical (unpaired) electrons. The van der Waals surface area contributed by atoms with Crippen LogP contribution < -0.4 is 10.4 Å². The lowest BCUT2D eigenvalue weighted by molar-refractivity contribution is 0.468. The predicted octanol–water partition coefficient (Wildman–Crippen LogP) is 10.7. The molecule has 5 atom stereocenters. The molecule has 8 aliphatic carbocycles. The van der Waals surface area contributed by atoms with Crippen molar-refractivity contribution in [2.24, 2.45) is 29.6 Å². The second-order valence-electron chi connectivity index (χ2n) is 14.8. The van der Waals surface area contributed by atoms with E-state index in [2.05, 4.69) is 152 Å². The molecule has 0 fully saturated rings. The van der Waals surface area contributed by atoms with E-state index in [0.29, 0.717) is 29.6 Å². The topological polar surface area (TPSA) is 0 Å². The summed E-state index contributed by atoms with van der Waals surface area (Å²) in [6.07, 6.45) is 59.2. The van der Waals surface area contributed by atoms with Crippen molar-refractivity contribution >= 4 is 11.1 Å². The highest BCUT2D eigenvalue weighted by Gasteiger charge is 2.37. The number of fused-ring (bicyclic) bond motifs is 2. The van der Waals surface area contributed by atoms with Gasteiger partial charge in [0.15, 0.2) is 0 Å². The molecule has 0 saturated carbocycles. The first kappa shape index (κ1) is 30.4. The first-order valence-electron chi connectivity index (χ1n) is 18.8. The molecule has 0 aromatic heterocycles. The van der Waals surface area contributed by atoms with Crippen LogP contribution in [0.25, 0.3) is 11.1 Å². The van der Waals surface area contributed by atoms with Crippen LogP contribution in [0.2, 0.25) is 0 Å². The summed E-state index contributed by atoms with van der Waals surface area (Å²) in [6, 6.07) is 9.39. The van der Waals surface area contributed by atoms with Crippen LogP contribution in [0.1, 0.15) is 51.4 Å². The van der Waals surface area contributed by atoms with Crippen molar-refractivity contribution in [2.75, 3.05) is 0 Å². The zero-order valence-electron chi connectivity index (χ0n) is 28.5. The minimum Gasteiger partial charge on any atom is -0.0839 e. The minimum atomic E-state index is 0.318. The van der Waals surface area contributed by atoms with E-state index in [1.807, 2.05) is 0 Å². The average molecular weight is 635 g/mol. The maximum Gasteiger partial charge on any atom is 0.0134 e. The molecule has 9 rings (SSSR count). The fraction of sp³-hybridized carbons (Fsp3) is 0.265. The molecule has 0 saturated heterocycles. The Morgan fingerprint density at radius 1 is 0.531 bits per heavy atom. The van der Waals surface area contributed by atoms with Crippen LogP contribution in [0.3, 0.4) is 0 Å². The largest absolute Gasteiger partial charge is 0.0839 e. The summed E-state index contributed by atoms with van der Waals surface area (Å²) < 4.78 is 0. The van der Waals surface area contributed by atoms with Crippen molar-refractivity contribution in [1.29, 1.82) is 0 Å². The molecule has 0 amide bonds. The maximum absolute atomic E-state index is 2.60. The number of hydrogen-bond donors (Lipinski definition) is 0. The van der Waals surface area contributed by atoms with Gasteiger partial charge in [0, 0.05) is 17.8 Å². The number of allylic oxidation sites excluding steroid dienone is 28. The number of rotatable bonds is 6. The quantitative estimate of drug-likeness (QED) is 0.292. The summed E-state index contributed by atoms with van der Waals surface area (Å²) in [4.78, 5) is 0. The fourth-order valence-corrected chi connectivity index (χ4v) is 9.51. The third-order valence-corrected chi connectivity index (χ3v) is 11.9. The number of hydrogen-bond acceptors (Lipinski definition) is 0. The van der Waals surface area contributed by atoms with Crippen LogP contribution in [0.4, 0.5) is 0 Å². The molecule has 0 nitrogen and oxygen atoms in total. The van der Waals surface area contributed by atoms with Crippen molar-refractivity contribution in [3.05, 3.63) is 201 Å². The van der Waals surface area contributed by atoms with Crippen LogP contribution in [0.5, 0.6) is 0 Å². The zero-order valence-corrected chi connectivity index (χ0v) is 28.5. The summed E-state index contributed by atoms with van der Waals surface area (Å²) in [5.41, 5.74) is 13.4. The average Bonchev–Trinajstić information content (AvgIpc) is 3.63. The van der Waals surface area contributed by atoms with Gasteiger partial charge in [0.25, 0.3) is 0 Å². The lowest BCUT2D eigenvalue weighted by Gasteiger charge is -2.37. The fourth-order valence-electron chi connectivity index (χ4n) is 9.51. The van der Waals surface area contributed by atoms with Crippen LogP contribution >= 0.6 is 0 Å². The molecule has 0 heteroatoms. The molecule has 8 aliphatic rings. The van der Waals surface area contributed by atoms with E-state index in [1.165, 1.54) is 49.4 Å². The van der Waals surface area contributed by atoms with Crippen molar-refractivity contribution in [1.82, 2.24) is 0 Å². The van der Waals surface area contributed by atoms with Gasteiger partial charge in [0.05, 0.1) is 0 Å². The van der Waals surface area contributed by atoms with Crippen molar-refractivity contribution in [2.45, 2.75) is 51.4 Å². The highest BCUT2D eigenvalue weighted by molar-refractivity contribution is 5.83. The second-order valence-corrected chi connectivity index (χ2v) is 14.8. The monoisotopic (exact) mass is 634 g/mol. The Bertz CT molecular complexity index is 2120. The summed E-state index contributed by atoms with van der Waals surface area (Å²) in [6.45, 7) is 0. The lowest BCUT2D eigenvalue weighted by atomic mass is 9.66. The molecule has 242 valence electrons. The van der Waals surface area contributed by atoms with Crippen molar-refractivity contribution in [3.8, 4) is 0 Å². The van der Waals surface area contributed by atoms with Crippen molar-refractivity contribution < 1.29 is 0 Å². The van der Waals surface area contributed by atoms with Gasteiger partial charge in [0.1, 0.15) is 0 Å². The highest BCUT2D eigenvalue weighted by Crippen LogP contribution is 2.49. The molecule has 1 aromatic rings. The summed E-state index contributed by atoms with van der Waals surface area (Å²) >= 11 is 0. The SMILES string of the molecule is C1=CCC(C2=C(C3=CCCC=C3)C=C(C3=c4ccccc4=C(C4=CC(C5=CCCC=C5)=CC(C5C=CC=CC5)C4)C4C=CC=CC34)C2)C=C1. The molecular weight excluding hydrogens is 589 g/mol. The van der Waals surface area contributed by atoms with Crippen LogP contribution in [-0.2, 0) is 0 Å². The molecule has 0 spiro atoms. The highest BCUT2D eigenvalue weighted by atomic mass is 14.4. The third kappa shape index (κ3) is 5.76. The summed E-state index contributed by atoms with van der Waals surface area (Å²) in [7, 11) is 0. The Hall–Kier alpha value is -4.68. The third-order valence-electron chi connectivity index (χ3n) is 11.9. The van der Waals surface area contributed by atoms with Gasteiger partial charge in [-0.15, -0.1) is 0 Å². The van der Waals surface area contributed by atoms with Crippen LogP contribution in [0, 0.1) is 29.6 Å². The van der Waals surface area contributed by atoms with Gasteiger partial charge in [-0.2, -0.15) is 0 Å². The Kier molecular flexibility index (Phi) is 8.26. The summed E-state index contributed by atoms with van der Waals surface area (Å²) in [5, 5.41) is 2.87. The molecule has 49 heavy (non-hydrogen) atoms. The second kappa shape index (κ2) is 13.3. The van der Waals surface area contributed by atoms with Gasteiger partial charge in [-0.1, -0.05) is 157 Å². The van der Waals surface area contributed by atoms with Gasteiger partial charge >= 0.3 is 0 Å². The molecule has 0 bridgehead atoms. The van der Waals surface area contributed by atoms with Gasteiger partial charge in [-0.05, 0) is 118 Å². The normalized spacial score (nSPS) is 29.8. The first-order valence-corrected chi connectivity index (χ1v) is 18.8. The summed E-state index contributed by atoms with van der Waals surface area (Å²) in [5.74, 6) is 2.12. The molecule has 0 N–H and O–H groups in total. The Morgan fingerprint density at radius 2 is 1.20 bits per heavy atom. The van der Waals surface area contributed by atoms with E-state index >= 15 is 0 Å². The Labute approximate surface area is 292 Å². The van der Waals surface area contributed by atoms with Gasteiger partial charge in [-0.25, -0.2) is 0 Å². The van der Waals surface area contributed by atoms with E-state index in [1.54, 1.807) is 11.1 Å². The molecular formula is C49H46. The van der Waals surface area contributed by atoms with Gasteiger partial charge in [0.2, 0.25) is 0 Å². The molecule has 5 unspecified atom stereocenters. The van der Waals surface area contributed by atoms with Gasteiger partial charge < -0.3 is 0 Å². The van der Waals surface area contributed by atoms with Crippen LogP contribution in [-0.4, -0.2) is 0 Å². The first-order chi connectivity index (χ1) is 24.3. The number of benzene rings is 1. The van der Waals surface area contributed by atoms with E-state index in [4.69, 9.17) is 0 Å². The van der Waals surface area contributed by atoms with E-state index in [9.17, 15) is 0 Å². The standard InChI is InChI=1S/C49H46/c1-5-17-34(18-6-1)38-29-39(35-19-7-2-8-20-35)31-40(30-38)48-42-25-13-15-27-44(42)49(45-28-16-14-26-43(45)48)41-32-46(36-21-9-3-10-22-36)47(33-41)37-23-11-4-12-24-37/h1,3,5-7,9-11,13-17,19-21,23-29,31,33-34,36,38,42,44H,2,4,8,12,18,22,30,32H2. The molecule has 1 aromatic carbocycles. The van der Waals surface area contributed by atoms with Crippen LogP contribution in [0.15, 0.2) is 191 Å². The smallest absolute Gasteiger partial charge is 0.0134 e. The van der Waals surface area contributed by atoms with E-state index in [-0.39, 0.29) is 0 Å². The van der Waals surface area contributed by atoms with Crippen molar-refractivity contribution in [3.63, 3.8) is 0 Å². The predicted molar refractivity (Wildman–Crippen MR) is 207 cm³/mol. The minimum absolute atomic E-state index is 0.318. The molecule has 0 heterocycles.